The van der Waals surface area contributed by atoms with Crippen LogP contribution in [0, 0.1) is 0 Å². The number of anilines is 1. The van der Waals surface area contributed by atoms with E-state index < -0.39 is 5.97 Å². The quantitative estimate of drug-likeness (QED) is 0.718. The van der Waals surface area contributed by atoms with Crippen LogP contribution in [-0.4, -0.2) is 11.1 Å². The Morgan fingerprint density at radius 2 is 1.90 bits per heavy atom. The molecule has 0 aliphatic carbocycles. The van der Waals surface area contributed by atoms with Gasteiger partial charge >= 0.3 is 5.97 Å². The highest BCUT2D eigenvalue weighted by atomic mass is 79.9. The molecule has 0 unspecified atom stereocenters. The molecule has 0 spiro atoms. The molecule has 0 bridgehead atoms. The van der Waals surface area contributed by atoms with Crippen LogP contribution < -0.4 is 5.32 Å². The fourth-order valence-electron chi connectivity index (χ4n) is 1.65. The van der Waals surface area contributed by atoms with Gasteiger partial charge in [-0.05, 0) is 67.8 Å². The van der Waals surface area contributed by atoms with E-state index in [0.29, 0.717) is 12.2 Å². The predicted molar refractivity (Wildman–Crippen MR) is 87.6 cm³/mol. The van der Waals surface area contributed by atoms with Crippen LogP contribution in [0.2, 0.25) is 5.02 Å². The molecule has 0 amide bonds. The molecule has 2 N–H and O–H groups in total. The zero-order valence-electron chi connectivity index (χ0n) is 10.2. The van der Waals surface area contributed by atoms with Crippen molar-refractivity contribution in [3.05, 3.63) is 61.5 Å². The summed E-state index contributed by atoms with van der Waals surface area (Å²) in [6, 6.07) is 10.8. The van der Waals surface area contributed by atoms with Gasteiger partial charge in [-0.2, -0.15) is 0 Å². The molecule has 0 saturated heterocycles. The molecule has 0 heterocycles. The first-order chi connectivity index (χ1) is 9.47. The van der Waals surface area contributed by atoms with Crippen molar-refractivity contribution in [3.8, 4) is 0 Å². The number of nitrogens with one attached hydrogen (secondary N) is 1. The Balaban J connectivity index is 2.12. The topological polar surface area (TPSA) is 49.3 Å². The summed E-state index contributed by atoms with van der Waals surface area (Å²) in [5, 5.41) is 12.4. The maximum absolute atomic E-state index is 11.0. The fourth-order valence-corrected chi connectivity index (χ4v) is 2.52. The molecule has 0 atom stereocenters. The lowest BCUT2D eigenvalue weighted by atomic mass is 10.2. The number of rotatable bonds is 4. The van der Waals surface area contributed by atoms with E-state index in [4.69, 9.17) is 16.7 Å². The second kappa shape index (κ2) is 6.61. The van der Waals surface area contributed by atoms with Crippen LogP contribution in [-0.2, 0) is 6.54 Å². The van der Waals surface area contributed by atoms with Gasteiger partial charge in [0.2, 0.25) is 0 Å². The molecule has 2 aromatic rings. The SMILES string of the molecule is O=C(O)c1cc(NCc2ccc(Br)c(Br)c2)ccc1Cl. The summed E-state index contributed by atoms with van der Waals surface area (Å²) in [5.74, 6) is -1.04. The van der Waals surface area contributed by atoms with Gasteiger partial charge in [-0.25, -0.2) is 4.79 Å². The van der Waals surface area contributed by atoms with E-state index in [0.717, 1.165) is 14.5 Å². The number of carboxylic acids is 1. The monoisotopic (exact) mass is 417 g/mol. The Bertz CT molecular complexity index is 662. The zero-order valence-corrected chi connectivity index (χ0v) is 14.1. The Morgan fingerprint density at radius 1 is 1.15 bits per heavy atom. The van der Waals surface area contributed by atoms with E-state index in [2.05, 4.69) is 37.2 Å². The Hall–Kier alpha value is -1.04. The van der Waals surface area contributed by atoms with Crippen molar-refractivity contribution in [1.29, 1.82) is 0 Å². The molecule has 20 heavy (non-hydrogen) atoms. The first-order valence-electron chi connectivity index (χ1n) is 5.68. The third-order valence-electron chi connectivity index (χ3n) is 2.68. The lowest BCUT2D eigenvalue weighted by Crippen LogP contribution is -2.02. The van der Waals surface area contributed by atoms with Crippen molar-refractivity contribution >= 4 is 55.1 Å². The van der Waals surface area contributed by atoms with E-state index in [1.807, 2.05) is 18.2 Å². The van der Waals surface area contributed by atoms with E-state index in [1.165, 1.54) is 6.07 Å². The first-order valence-corrected chi connectivity index (χ1v) is 7.64. The van der Waals surface area contributed by atoms with Gasteiger partial charge in [-0.1, -0.05) is 17.7 Å². The average molecular weight is 420 g/mol. The molecule has 2 aromatic carbocycles. The largest absolute Gasteiger partial charge is 0.478 e. The summed E-state index contributed by atoms with van der Waals surface area (Å²) in [6.45, 7) is 0.590. The number of carboxylic acid groups (broad SMARTS) is 1. The maximum atomic E-state index is 11.0. The van der Waals surface area contributed by atoms with E-state index in [-0.39, 0.29) is 10.6 Å². The van der Waals surface area contributed by atoms with Crippen molar-refractivity contribution < 1.29 is 9.90 Å². The van der Waals surface area contributed by atoms with Crippen LogP contribution in [0.3, 0.4) is 0 Å². The molecule has 0 aliphatic rings. The van der Waals surface area contributed by atoms with Crippen LogP contribution in [0.5, 0.6) is 0 Å². The van der Waals surface area contributed by atoms with Crippen molar-refractivity contribution in [1.82, 2.24) is 0 Å². The Morgan fingerprint density at radius 3 is 2.55 bits per heavy atom. The normalized spacial score (nSPS) is 10.3. The van der Waals surface area contributed by atoms with E-state index >= 15 is 0 Å². The van der Waals surface area contributed by atoms with Gasteiger partial charge in [-0.3, -0.25) is 0 Å². The van der Waals surface area contributed by atoms with E-state index in [1.54, 1.807) is 12.1 Å². The zero-order chi connectivity index (χ0) is 14.7. The highest BCUT2D eigenvalue weighted by molar-refractivity contribution is 9.13. The molecule has 0 aliphatic heterocycles. The third kappa shape index (κ3) is 3.75. The summed E-state index contributed by atoms with van der Waals surface area (Å²) < 4.78 is 1.96. The van der Waals surface area contributed by atoms with Crippen molar-refractivity contribution in [3.63, 3.8) is 0 Å². The first kappa shape index (κ1) is 15.4. The Kier molecular flexibility index (Phi) is 5.07. The van der Waals surface area contributed by atoms with E-state index in [9.17, 15) is 4.79 Å². The van der Waals surface area contributed by atoms with Crippen LogP contribution in [0.1, 0.15) is 15.9 Å². The molecule has 0 saturated carbocycles. The molecule has 0 radical (unpaired) electrons. The number of carbonyl (C=O) groups is 1. The van der Waals surface area contributed by atoms with Crippen molar-refractivity contribution in [2.24, 2.45) is 0 Å². The predicted octanol–water partition coefficient (Wildman–Crippen LogP) is 5.18. The van der Waals surface area contributed by atoms with Gasteiger partial charge in [0, 0.05) is 21.2 Å². The van der Waals surface area contributed by atoms with Crippen LogP contribution >= 0.6 is 43.5 Å². The molecule has 6 heteroatoms. The van der Waals surface area contributed by atoms with Gasteiger partial charge in [0.25, 0.3) is 0 Å². The lowest BCUT2D eigenvalue weighted by molar-refractivity contribution is 0.0697. The summed E-state index contributed by atoms with van der Waals surface area (Å²) >= 11 is 12.7. The number of benzene rings is 2. The molecule has 0 aromatic heterocycles. The molecule has 104 valence electrons. The van der Waals surface area contributed by atoms with Crippen LogP contribution in [0.15, 0.2) is 45.3 Å². The van der Waals surface area contributed by atoms with Gasteiger partial charge < -0.3 is 10.4 Å². The minimum Gasteiger partial charge on any atom is -0.478 e. The minimum absolute atomic E-state index is 0.0913. The van der Waals surface area contributed by atoms with Gasteiger partial charge in [0.1, 0.15) is 0 Å². The van der Waals surface area contributed by atoms with Gasteiger partial charge in [-0.15, -0.1) is 0 Å². The van der Waals surface area contributed by atoms with Crippen molar-refractivity contribution in [2.45, 2.75) is 6.54 Å². The lowest BCUT2D eigenvalue weighted by Gasteiger charge is -2.09. The van der Waals surface area contributed by atoms with Gasteiger partial charge in [0.15, 0.2) is 0 Å². The fraction of sp³-hybridized carbons (Fsp3) is 0.0714. The molecule has 2 rings (SSSR count). The second-order valence-electron chi connectivity index (χ2n) is 4.10. The van der Waals surface area contributed by atoms with Gasteiger partial charge in [0.05, 0.1) is 10.6 Å². The highest BCUT2D eigenvalue weighted by Gasteiger charge is 2.09. The molecule has 3 nitrogen and oxygen atoms in total. The smallest absolute Gasteiger partial charge is 0.337 e. The number of hydrogen-bond donors (Lipinski definition) is 2. The Labute approximate surface area is 138 Å². The molecular formula is C14H10Br2ClNO2. The average Bonchev–Trinajstić information content (AvgIpc) is 2.41. The minimum atomic E-state index is -1.04. The van der Waals surface area contributed by atoms with Crippen molar-refractivity contribution in [2.75, 3.05) is 5.32 Å². The highest BCUT2D eigenvalue weighted by Crippen LogP contribution is 2.25. The molecular weight excluding hydrogens is 409 g/mol. The number of halogens is 3. The standard InChI is InChI=1S/C14H10Br2ClNO2/c15-11-3-1-8(5-12(11)16)7-18-9-2-4-13(17)10(6-9)14(19)20/h1-6,18H,7H2,(H,19,20). The van der Waals surface area contributed by atoms with Crippen LogP contribution in [0.4, 0.5) is 5.69 Å². The molecule has 0 fully saturated rings. The number of aromatic carboxylic acids is 1. The number of hydrogen-bond acceptors (Lipinski definition) is 2. The summed E-state index contributed by atoms with van der Waals surface area (Å²) in [6.07, 6.45) is 0. The summed E-state index contributed by atoms with van der Waals surface area (Å²) in [4.78, 5) is 11.0. The van der Waals surface area contributed by atoms with Crippen LogP contribution in [0.25, 0.3) is 0 Å². The third-order valence-corrected chi connectivity index (χ3v) is 4.89. The summed E-state index contributed by atoms with van der Waals surface area (Å²) in [7, 11) is 0. The second-order valence-corrected chi connectivity index (χ2v) is 6.22. The summed E-state index contributed by atoms with van der Waals surface area (Å²) in [5.41, 5.74) is 1.88. The maximum Gasteiger partial charge on any atom is 0.337 e.